The van der Waals surface area contributed by atoms with Crippen LogP contribution in [0.1, 0.15) is 29.8 Å². The number of benzene rings is 2. The van der Waals surface area contributed by atoms with Crippen LogP contribution in [-0.2, 0) is 5.41 Å². The first-order chi connectivity index (χ1) is 10.5. The van der Waals surface area contributed by atoms with Gasteiger partial charge in [-0.1, -0.05) is 97.7 Å². The van der Waals surface area contributed by atoms with Crippen LogP contribution in [0.2, 0.25) is 0 Å². The molecule has 1 unspecified atom stereocenters. The minimum Gasteiger partial charge on any atom is -0.293 e. The van der Waals surface area contributed by atoms with E-state index in [1.54, 1.807) is 12.1 Å². The molecule has 1 nitrogen and oxygen atoms in total. The van der Waals surface area contributed by atoms with E-state index in [4.69, 9.17) is 23.2 Å². The average Bonchev–Trinajstić information content (AvgIpc) is 2.56. The molecule has 0 N–H and O–H groups in total. The number of Topliss-reactive ketones (excluding diaryl/α,β-unsaturated/α-hetero) is 1. The summed E-state index contributed by atoms with van der Waals surface area (Å²) in [4.78, 5) is 13.3. The van der Waals surface area contributed by atoms with Gasteiger partial charge in [0.2, 0.25) is 0 Å². The monoisotopic (exact) mass is 332 g/mol. The molecule has 0 radical (unpaired) electrons. The second-order valence-corrected chi connectivity index (χ2v) is 6.11. The van der Waals surface area contributed by atoms with E-state index in [2.05, 4.69) is 0 Å². The van der Waals surface area contributed by atoms with Crippen molar-refractivity contribution in [3.63, 3.8) is 0 Å². The molecule has 2 aromatic carbocycles. The van der Waals surface area contributed by atoms with Crippen LogP contribution in [0.4, 0.5) is 0 Å². The van der Waals surface area contributed by atoms with Crippen molar-refractivity contribution in [2.75, 3.05) is 0 Å². The molecule has 0 saturated carbocycles. The van der Waals surface area contributed by atoms with Gasteiger partial charge in [0.25, 0.3) is 0 Å². The van der Waals surface area contributed by atoms with Crippen molar-refractivity contribution >= 4 is 29.0 Å². The number of carbonyl (C=O) groups excluding carboxylic acids is 1. The summed E-state index contributed by atoms with van der Waals surface area (Å²) in [7, 11) is 0. The van der Waals surface area contributed by atoms with Gasteiger partial charge in [0.15, 0.2) is 5.78 Å². The third kappa shape index (κ3) is 2.84. The first kappa shape index (κ1) is 16.8. The van der Waals surface area contributed by atoms with Gasteiger partial charge in [-0.25, -0.2) is 0 Å². The maximum Gasteiger partial charge on any atom is 0.178 e. The van der Waals surface area contributed by atoms with E-state index >= 15 is 0 Å². The third-order valence-corrected chi connectivity index (χ3v) is 4.70. The first-order valence-corrected chi connectivity index (χ1v) is 7.98. The summed E-state index contributed by atoms with van der Waals surface area (Å²) in [6.45, 7) is 3.97. The molecule has 0 heterocycles. The molecule has 0 spiro atoms. The SMILES string of the molecule is CC(C)C(C(=O)c1ccccc1)(/C(Cl)=C\Cl)c1ccccc1. The summed E-state index contributed by atoms with van der Waals surface area (Å²) in [6.07, 6.45) is 0. The van der Waals surface area contributed by atoms with Crippen molar-refractivity contribution in [3.8, 4) is 0 Å². The van der Waals surface area contributed by atoms with E-state index in [1.165, 1.54) is 5.54 Å². The molecule has 0 aliphatic rings. The minimum absolute atomic E-state index is 0.0452. The zero-order chi connectivity index (χ0) is 16.2. The number of hydrogen-bond donors (Lipinski definition) is 0. The largest absolute Gasteiger partial charge is 0.293 e. The Balaban J connectivity index is 2.72. The average molecular weight is 333 g/mol. The third-order valence-electron chi connectivity index (χ3n) is 3.96. The molecule has 2 rings (SSSR count). The number of ketones is 1. The molecule has 114 valence electrons. The highest BCUT2D eigenvalue weighted by Crippen LogP contribution is 2.44. The second-order valence-electron chi connectivity index (χ2n) is 5.48. The Labute approximate surface area is 141 Å². The Hall–Kier alpha value is -1.57. The molecule has 0 aliphatic carbocycles. The van der Waals surface area contributed by atoms with E-state index in [-0.39, 0.29) is 11.7 Å². The van der Waals surface area contributed by atoms with Crippen LogP contribution >= 0.6 is 23.2 Å². The maximum absolute atomic E-state index is 13.3. The van der Waals surface area contributed by atoms with Gasteiger partial charge in [-0.15, -0.1) is 0 Å². The van der Waals surface area contributed by atoms with E-state index in [0.29, 0.717) is 10.6 Å². The maximum atomic E-state index is 13.3. The topological polar surface area (TPSA) is 17.1 Å². The quantitative estimate of drug-likeness (QED) is 0.634. The van der Waals surface area contributed by atoms with Crippen molar-refractivity contribution in [1.29, 1.82) is 0 Å². The Morgan fingerprint density at radius 1 is 1.00 bits per heavy atom. The Morgan fingerprint density at radius 3 is 1.95 bits per heavy atom. The number of carbonyl (C=O) groups is 1. The van der Waals surface area contributed by atoms with Crippen molar-refractivity contribution in [2.45, 2.75) is 19.3 Å². The zero-order valence-corrected chi connectivity index (χ0v) is 14.1. The van der Waals surface area contributed by atoms with E-state index in [9.17, 15) is 4.79 Å². The number of allylic oxidation sites excluding steroid dienone is 1. The van der Waals surface area contributed by atoms with Crippen LogP contribution in [0, 0.1) is 5.92 Å². The highest BCUT2D eigenvalue weighted by Gasteiger charge is 2.46. The number of rotatable bonds is 5. The fraction of sp³-hybridized carbons (Fsp3) is 0.211. The molecule has 22 heavy (non-hydrogen) atoms. The van der Waals surface area contributed by atoms with Gasteiger partial charge in [0, 0.05) is 16.1 Å². The van der Waals surface area contributed by atoms with Crippen LogP contribution in [0.3, 0.4) is 0 Å². The number of halogens is 2. The molecular formula is C19H18Cl2O. The van der Waals surface area contributed by atoms with Gasteiger partial charge in [-0.3, -0.25) is 4.79 Å². The molecule has 0 aromatic heterocycles. The summed E-state index contributed by atoms with van der Waals surface area (Å²) in [5.41, 5.74) is 1.79. The van der Waals surface area contributed by atoms with Crippen LogP contribution in [0.15, 0.2) is 71.2 Å². The predicted octanol–water partition coefficient (Wildman–Crippen LogP) is 5.78. The van der Waals surface area contributed by atoms with Crippen molar-refractivity contribution in [2.24, 2.45) is 5.92 Å². The molecule has 0 amide bonds. The van der Waals surface area contributed by atoms with Gasteiger partial charge >= 0.3 is 0 Å². The standard InChI is InChI=1S/C19H18Cl2O/c1-14(2)19(17(21)13-20,16-11-7-4-8-12-16)18(22)15-9-5-3-6-10-15/h3-14H,1-2H3/b17-13+. The molecule has 0 aliphatic heterocycles. The first-order valence-electron chi connectivity index (χ1n) is 7.16. The molecule has 0 saturated heterocycles. The Morgan fingerprint density at radius 2 is 1.50 bits per heavy atom. The lowest BCUT2D eigenvalue weighted by molar-refractivity contribution is 0.0878. The van der Waals surface area contributed by atoms with Gasteiger partial charge in [-0.05, 0) is 11.5 Å². The Kier molecular flexibility index (Phi) is 5.44. The molecule has 1 atom stereocenters. The van der Waals surface area contributed by atoms with Gasteiger partial charge in [0.1, 0.15) is 0 Å². The molecule has 2 aromatic rings. The lowest BCUT2D eigenvalue weighted by atomic mass is 9.67. The normalized spacial score (nSPS) is 14.7. The highest BCUT2D eigenvalue weighted by molar-refractivity contribution is 6.39. The van der Waals surface area contributed by atoms with Gasteiger partial charge < -0.3 is 0 Å². The van der Waals surface area contributed by atoms with Crippen LogP contribution in [0.25, 0.3) is 0 Å². The summed E-state index contributed by atoms with van der Waals surface area (Å²) in [5, 5.41) is 0.337. The lowest BCUT2D eigenvalue weighted by Crippen LogP contribution is -2.41. The van der Waals surface area contributed by atoms with Gasteiger partial charge in [-0.2, -0.15) is 0 Å². The molecular weight excluding hydrogens is 315 g/mol. The van der Waals surface area contributed by atoms with Crippen molar-refractivity contribution < 1.29 is 4.79 Å². The predicted molar refractivity (Wildman–Crippen MR) is 93.5 cm³/mol. The summed E-state index contributed by atoms with van der Waals surface area (Å²) in [6, 6.07) is 18.8. The molecule has 0 bridgehead atoms. The summed E-state index contributed by atoms with van der Waals surface area (Å²) in [5.74, 6) is -0.0960. The van der Waals surface area contributed by atoms with Gasteiger partial charge in [0.05, 0.1) is 5.41 Å². The number of hydrogen-bond acceptors (Lipinski definition) is 1. The fourth-order valence-electron chi connectivity index (χ4n) is 2.85. The lowest BCUT2D eigenvalue weighted by Gasteiger charge is -2.36. The molecule has 3 heteroatoms. The summed E-state index contributed by atoms with van der Waals surface area (Å²) >= 11 is 12.4. The molecule has 0 fully saturated rings. The van der Waals surface area contributed by atoms with Crippen molar-refractivity contribution in [1.82, 2.24) is 0 Å². The van der Waals surface area contributed by atoms with Crippen molar-refractivity contribution in [3.05, 3.63) is 82.4 Å². The van der Waals surface area contributed by atoms with Crippen LogP contribution in [-0.4, -0.2) is 5.78 Å². The van der Waals surface area contributed by atoms with E-state index in [1.807, 2.05) is 62.4 Å². The van der Waals surface area contributed by atoms with E-state index < -0.39 is 5.41 Å². The van der Waals surface area contributed by atoms with Crippen LogP contribution < -0.4 is 0 Å². The fourth-order valence-corrected chi connectivity index (χ4v) is 3.44. The van der Waals surface area contributed by atoms with Crippen LogP contribution in [0.5, 0.6) is 0 Å². The highest BCUT2D eigenvalue weighted by atomic mass is 35.5. The minimum atomic E-state index is -0.980. The second kappa shape index (κ2) is 7.13. The van der Waals surface area contributed by atoms with E-state index in [0.717, 1.165) is 5.56 Å². The smallest absolute Gasteiger partial charge is 0.178 e. The Bertz CT molecular complexity index is 662. The summed E-state index contributed by atoms with van der Waals surface area (Å²) < 4.78 is 0. The zero-order valence-electron chi connectivity index (χ0n) is 12.6.